The monoisotopic (exact) mass is 468 g/mol. The summed E-state index contributed by atoms with van der Waals surface area (Å²) in [5.74, 6) is 1.96. The first-order chi connectivity index (χ1) is 16.2. The second-order valence-electron chi connectivity index (χ2n) is 10.4. The summed E-state index contributed by atoms with van der Waals surface area (Å²) in [6.07, 6.45) is 13.9. The van der Waals surface area contributed by atoms with Crippen molar-refractivity contribution in [2.24, 2.45) is 17.8 Å². The summed E-state index contributed by atoms with van der Waals surface area (Å²) >= 11 is 1.80. The normalized spacial score (nSPS) is 24.9. The molecular weight excluding hydrogens is 428 g/mol. The number of thiophene rings is 1. The predicted molar refractivity (Wildman–Crippen MR) is 135 cm³/mol. The van der Waals surface area contributed by atoms with Gasteiger partial charge in [0.2, 0.25) is 0 Å². The molecule has 0 amide bonds. The number of benzene rings is 1. The highest BCUT2D eigenvalue weighted by atomic mass is 32.1. The molecule has 2 aromatic rings. The maximum atomic E-state index is 13.0. The number of aliphatic hydroxyl groups excluding tert-OH is 1. The van der Waals surface area contributed by atoms with Gasteiger partial charge < -0.3 is 9.84 Å². The van der Waals surface area contributed by atoms with Gasteiger partial charge in [0, 0.05) is 16.9 Å². The number of hydrogen-bond acceptors (Lipinski definition) is 4. The summed E-state index contributed by atoms with van der Waals surface area (Å²) in [7, 11) is 0. The molecule has 0 spiro atoms. The van der Waals surface area contributed by atoms with Crippen LogP contribution in [0.15, 0.2) is 47.8 Å². The Balaban J connectivity index is 1.43. The van der Waals surface area contributed by atoms with Crippen molar-refractivity contribution >= 4 is 17.3 Å². The van der Waals surface area contributed by atoms with Crippen molar-refractivity contribution in [3.63, 3.8) is 0 Å². The van der Waals surface area contributed by atoms with Crippen molar-refractivity contribution in [3.05, 3.63) is 58.3 Å². The van der Waals surface area contributed by atoms with Crippen molar-refractivity contribution in [2.75, 3.05) is 6.61 Å². The zero-order valence-electron chi connectivity index (χ0n) is 19.9. The molecule has 1 aromatic heterocycles. The Morgan fingerprint density at radius 3 is 2.61 bits per heavy atom. The minimum Gasteiger partial charge on any atom is -0.461 e. The summed E-state index contributed by atoms with van der Waals surface area (Å²) in [5, 5.41) is 11.9. The smallest absolute Gasteiger partial charge is 0.307 e. The zero-order valence-corrected chi connectivity index (χ0v) is 20.7. The molecule has 1 heterocycles. The van der Waals surface area contributed by atoms with E-state index in [0.717, 1.165) is 30.7 Å². The van der Waals surface area contributed by atoms with Gasteiger partial charge in [-0.15, -0.1) is 11.3 Å². The number of hydrogen-bond donors (Lipinski definition) is 1. The molecule has 1 N–H and O–H groups in total. The van der Waals surface area contributed by atoms with Crippen LogP contribution in [0.3, 0.4) is 0 Å². The first kappa shape index (κ1) is 24.5. The second-order valence-corrected chi connectivity index (χ2v) is 11.4. The molecule has 1 aromatic carbocycles. The van der Waals surface area contributed by atoms with E-state index >= 15 is 0 Å². The van der Waals surface area contributed by atoms with E-state index in [-0.39, 0.29) is 11.4 Å². The van der Waals surface area contributed by atoms with Crippen LogP contribution in [0.25, 0.3) is 0 Å². The molecule has 2 aliphatic carbocycles. The van der Waals surface area contributed by atoms with Crippen LogP contribution in [0.2, 0.25) is 0 Å². The summed E-state index contributed by atoms with van der Waals surface area (Å²) in [6, 6.07) is 14.3. The SMILES string of the molecule is O=C(CC1(c2cccs2)CCCC(CC(CCO)C2CCCCC2)C1)OCc1ccccc1. The van der Waals surface area contributed by atoms with Crippen LogP contribution in [-0.2, 0) is 21.6 Å². The van der Waals surface area contributed by atoms with Gasteiger partial charge in [-0.3, -0.25) is 4.79 Å². The molecular formula is C29H40O3S. The Hall–Kier alpha value is -1.65. The molecule has 0 radical (unpaired) electrons. The first-order valence-electron chi connectivity index (χ1n) is 13.0. The van der Waals surface area contributed by atoms with E-state index in [2.05, 4.69) is 17.5 Å². The van der Waals surface area contributed by atoms with E-state index in [9.17, 15) is 9.90 Å². The molecule has 3 unspecified atom stereocenters. The lowest BCUT2D eigenvalue weighted by Crippen LogP contribution is -2.36. The number of esters is 1. The molecule has 0 saturated heterocycles. The van der Waals surface area contributed by atoms with Crippen molar-refractivity contribution < 1.29 is 14.6 Å². The number of carbonyl (C=O) groups excluding carboxylic acids is 1. The van der Waals surface area contributed by atoms with Crippen LogP contribution in [0.4, 0.5) is 0 Å². The minimum atomic E-state index is -0.0960. The van der Waals surface area contributed by atoms with Gasteiger partial charge in [-0.25, -0.2) is 0 Å². The Morgan fingerprint density at radius 2 is 1.88 bits per heavy atom. The topological polar surface area (TPSA) is 46.5 Å². The molecule has 2 saturated carbocycles. The van der Waals surface area contributed by atoms with E-state index in [0.29, 0.717) is 31.5 Å². The van der Waals surface area contributed by atoms with Gasteiger partial charge in [0.05, 0.1) is 6.42 Å². The van der Waals surface area contributed by atoms with Crippen molar-refractivity contribution in [3.8, 4) is 0 Å². The van der Waals surface area contributed by atoms with Crippen LogP contribution in [0.5, 0.6) is 0 Å². The van der Waals surface area contributed by atoms with Gasteiger partial charge in [0.15, 0.2) is 0 Å². The third-order valence-corrected chi connectivity index (χ3v) is 9.29. The fourth-order valence-electron chi connectivity index (χ4n) is 6.55. The summed E-state index contributed by atoms with van der Waals surface area (Å²) < 4.78 is 5.74. The van der Waals surface area contributed by atoms with Crippen LogP contribution in [0.1, 0.15) is 87.5 Å². The average molecular weight is 469 g/mol. The highest BCUT2D eigenvalue weighted by Gasteiger charge is 2.42. The minimum absolute atomic E-state index is 0.0768. The van der Waals surface area contributed by atoms with Gasteiger partial charge in [0.25, 0.3) is 0 Å². The molecule has 2 aliphatic rings. The molecule has 3 atom stereocenters. The Labute approximate surface area is 203 Å². The fourth-order valence-corrected chi connectivity index (χ4v) is 7.52. The van der Waals surface area contributed by atoms with Crippen LogP contribution in [-0.4, -0.2) is 17.7 Å². The van der Waals surface area contributed by atoms with Crippen molar-refractivity contribution in [1.29, 1.82) is 0 Å². The van der Waals surface area contributed by atoms with E-state index in [1.165, 1.54) is 56.2 Å². The Bertz CT molecular complexity index is 828. The van der Waals surface area contributed by atoms with Gasteiger partial charge in [-0.1, -0.05) is 81.3 Å². The van der Waals surface area contributed by atoms with Gasteiger partial charge in [-0.05, 0) is 60.4 Å². The second kappa shape index (κ2) is 12.2. The largest absolute Gasteiger partial charge is 0.461 e. The molecule has 180 valence electrons. The standard InChI is InChI=1S/C29H40O3S/c30-17-15-26(25-12-5-2-6-13-25)19-24-11-7-16-29(20-24,27-14-8-18-33-27)21-28(31)32-22-23-9-3-1-4-10-23/h1,3-4,8-10,14,18,24-26,30H,2,5-7,11-13,15-17,19-22H2. The van der Waals surface area contributed by atoms with Gasteiger partial charge >= 0.3 is 5.97 Å². The molecule has 3 nitrogen and oxygen atoms in total. The molecule has 0 bridgehead atoms. The van der Waals surface area contributed by atoms with E-state index in [1.54, 1.807) is 11.3 Å². The maximum Gasteiger partial charge on any atom is 0.307 e. The predicted octanol–water partition coefficient (Wildman–Crippen LogP) is 7.28. The van der Waals surface area contributed by atoms with E-state index in [4.69, 9.17) is 4.74 Å². The maximum absolute atomic E-state index is 13.0. The lowest BCUT2D eigenvalue weighted by atomic mass is 9.64. The highest BCUT2D eigenvalue weighted by molar-refractivity contribution is 7.10. The number of carbonyl (C=O) groups is 1. The summed E-state index contributed by atoms with van der Waals surface area (Å²) in [4.78, 5) is 14.4. The summed E-state index contributed by atoms with van der Waals surface area (Å²) in [6.45, 7) is 0.652. The third kappa shape index (κ3) is 6.70. The average Bonchev–Trinajstić information content (AvgIpc) is 3.40. The number of rotatable bonds is 10. The molecule has 33 heavy (non-hydrogen) atoms. The lowest BCUT2D eigenvalue weighted by Gasteiger charge is -2.42. The molecule has 2 fully saturated rings. The van der Waals surface area contributed by atoms with Crippen LogP contribution >= 0.6 is 11.3 Å². The number of ether oxygens (including phenoxy) is 1. The van der Waals surface area contributed by atoms with Crippen molar-refractivity contribution in [1.82, 2.24) is 0 Å². The lowest BCUT2D eigenvalue weighted by molar-refractivity contribution is -0.147. The zero-order chi connectivity index (χ0) is 22.9. The van der Waals surface area contributed by atoms with Crippen molar-refractivity contribution in [2.45, 2.75) is 89.1 Å². The van der Waals surface area contributed by atoms with Gasteiger partial charge in [0.1, 0.15) is 6.61 Å². The highest BCUT2D eigenvalue weighted by Crippen LogP contribution is 2.49. The molecule has 4 rings (SSSR count). The van der Waals surface area contributed by atoms with E-state index in [1.807, 2.05) is 30.3 Å². The molecule has 0 aliphatic heterocycles. The quantitative estimate of drug-likeness (QED) is 0.373. The number of aliphatic hydroxyl groups is 1. The summed E-state index contributed by atoms with van der Waals surface area (Å²) in [5.41, 5.74) is 0.943. The van der Waals surface area contributed by atoms with Gasteiger partial charge in [-0.2, -0.15) is 0 Å². The fraction of sp³-hybridized carbons (Fsp3) is 0.621. The van der Waals surface area contributed by atoms with E-state index < -0.39 is 0 Å². The Kier molecular flexibility index (Phi) is 9.03. The Morgan fingerprint density at radius 1 is 1.06 bits per heavy atom. The third-order valence-electron chi connectivity index (χ3n) is 8.17. The first-order valence-corrected chi connectivity index (χ1v) is 13.9. The molecule has 4 heteroatoms. The van der Waals surface area contributed by atoms with Crippen LogP contribution < -0.4 is 0 Å². The van der Waals surface area contributed by atoms with Crippen LogP contribution in [0, 0.1) is 17.8 Å².